The van der Waals surface area contributed by atoms with E-state index in [-0.39, 0.29) is 21.8 Å². The van der Waals surface area contributed by atoms with Gasteiger partial charge in [-0.15, -0.1) is 0 Å². The molecule has 0 bridgehead atoms. The monoisotopic (exact) mass is 444 g/mol. The molecule has 31 heavy (non-hydrogen) atoms. The molecule has 3 rings (SSSR count). The summed E-state index contributed by atoms with van der Waals surface area (Å²) in [6.45, 7) is 0. The molecular weight excluding hydrogens is 432 g/mol. The van der Waals surface area contributed by atoms with Crippen molar-refractivity contribution in [2.45, 2.75) is 4.90 Å². The Hall–Kier alpha value is -4.16. The highest BCUT2D eigenvalue weighted by Gasteiger charge is 2.20. The minimum absolute atomic E-state index is 0.115. The number of non-ortho nitro benzene ring substituents is 2. The van der Waals surface area contributed by atoms with Gasteiger partial charge in [-0.3, -0.25) is 29.6 Å². The molecule has 0 unspecified atom stereocenters. The van der Waals surface area contributed by atoms with Gasteiger partial charge in [0.1, 0.15) is 11.5 Å². The number of benzene rings is 3. The number of nitrogens with zero attached hydrogens (tertiary/aromatic N) is 2. The summed E-state index contributed by atoms with van der Waals surface area (Å²) in [7, 11) is -4.33. The molecule has 3 aromatic rings. The Labute approximate surface area is 174 Å². The van der Waals surface area contributed by atoms with Gasteiger partial charge < -0.3 is 4.74 Å². The molecule has 0 atom stereocenters. The number of hydrogen-bond donors (Lipinski definition) is 1. The number of nitro benzene ring substituents is 2. The number of hydrogen-bond acceptors (Lipinski definition) is 8. The molecular formula is C19H12N2O9S. The van der Waals surface area contributed by atoms with Gasteiger partial charge in [0.2, 0.25) is 0 Å². The van der Waals surface area contributed by atoms with Crippen molar-refractivity contribution in [3.63, 3.8) is 0 Å². The van der Waals surface area contributed by atoms with Crippen LogP contribution in [0.3, 0.4) is 0 Å². The molecule has 0 amide bonds. The van der Waals surface area contributed by atoms with Crippen molar-refractivity contribution in [3.05, 3.63) is 98.1 Å². The summed E-state index contributed by atoms with van der Waals surface area (Å²) in [5, 5.41) is 22.0. The highest BCUT2D eigenvalue weighted by molar-refractivity contribution is 7.85. The standard InChI is InChI=1S/C19H12N2O9S/c22-19(13-9-14(20(23)24)11-15(10-13)21(25)26)12-1-3-16(4-2-12)30-17-5-7-18(8-6-17)31(27,28)29/h1-11H,(H,27,28,29). The number of ether oxygens (including phenoxy) is 1. The van der Waals surface area contributed by atoms with E-state index in [1.165, 1.54) is 36.4 Å². The van der Waals surface area contributed by atoms with Crippen molar-refractivity contribution in [3.8, 4) is 11.5 Å². The van der Waals surface area contributed by atoms with Crippen LogP contribution >= 0.6 is 0 Å². The average Bonchev–Trinajstić information content (AvgIpc) is 2.73. The second-order valence-electron chi connectivity index (χ2n) is 6.15. The molecule has 0 saturated carbocycles. The second kappa shape index (κ2) is 8.30. The smallest absolute Gasteiger partial charge is 0.294 e. The summed E-state index contributed by atoms with van der Waals surface area (Å²) in [5.41, 5.74) is -1.25. The number of carbonyl (C=O) groups is 1. The van der Waals surface area contributed by atoms with E-state index in [1.807, 2.05) is 0 Å². The Morgan fingerprint density at radius 2 is 1.23 bits per heavy atom. The fraction of sp³-hybridized carbons (Fsp3) is 0. The van der Waals surface area contributed by atoms with E-state index in [0.29, 0.717) is 5.75 Å². The lowest BCUT2D eigenvalue weighted by Gasteiger charge is -2.07. The summed E-state index contributed by atoms with van der Waals surface area (Å²) < 4.78 is 36.6. The van der Waals surface area contributed by atoms with Crippen LogP contribution < -0.4 is 4.74 Å². The Kier molecular flexibility index (Phi) is 5.77. The minimum Gasteiger partial charge on any atom is -0.457 e. The van der Waals surface area contributed by atoms with Crippen molar-refractivity contribution in [2.75, 3.05) is 0 Å². The summed E-state index contributed by atoms with van der Waals surface area (Å²) >= 11 is 0. The Balaban J connectivity index is 1.82. The van der Waals surface area contributed by atoms with E-state index in [0.717, 1.165) is 30.3 Å². The van der Waals surface area contributed by atoms with Crippen LogP contribution in [0.4, 0.5) is 11.4 Å². The second-order valence-corrected chi connectivity index (χ2v) is 7.58. The fourth-order valence-corrected chi connectivity index (χ4v) is 3.07. The minimum atomic E-state index is -4.33. The first-order valence-corrected chi connectivity index (χ1v) is 9.82. The molecule has 0 fully saturated rings. The molecule has 0 radical (unpaired) electrons. The molecule has 0 aliphatic heterocycles. The SMILES string of the molecule is O=C(c1ccc(Oc2ccc(S(=O)(=O)O)cc2)cc1)c1cc([N+](=O)[O-])cc([N+](=O)[O-])c1. The van der Waals surface area contributed by atoms with Gasteiger partial charge in [-0.2, -0.15) is 8.42 Å². The zero-order valence-corrected chi connectivity index (χ0v) is 16.2. The number of ketones is 1. The van der Waals surface area contributed by atoms with Gasteiger partial charge in [-0.1, -0.05) is 0 Å². The van der Waals surface area contributed by atoms with Gasteiger partial charge in [-0.05, 0) is 48.5 Å². The Morgan fingerprint density at radius 1 is 0.774 bits per heavy atom. The van der Waals surface area contributed by atoms with Crippen LogP contribution in [-0.4, -0.2) is 28.6 Å². The highest BCUT2D eigenvalue weighted by atomic mass is 32.2. The Bertz CT molecular complexity index is 1250. The van der Waals surface area contributed by atoms with E-state index in [4.69, 9.17) is 9.29 Å². The first-order chi connectivity index (χ1) is 14.5. The third kappa shape index (κ3) is 5.07. The lowest BCUT2D eigenvalue weighted by molar-refractivity contribution is -0.394. The van der Waals surface area contributed by atoms with Crippen LogP contribution in [0.1, 0.15) is 15.9 Å². The van der Waals surface area contributed by atoms with Gasteiger partial charge in [0.25, 0.3) is 21.5 Å². The summed E-state index contributed by atoms with van der Waals surface area (Å²) in [5.74, 6) is -0.0992. The fourth-order valence-electron chi connectivity index (χ4n) is 2.59. The van der Waals surface area contributed by atoms with E-state index < -0.39 is 37.1 Å². The van der Waals surface area contributed by atoms with Crippen molar-refractivity contribution >= 4 is 27.3 Å². The molecule has 12 heteroatoms. The maximum absolute atomic E-state index is 12.6. The zero-order chi connectivity index (χ0) is 22.8. The van der Waals surface area contributed by atoms with Crippen LogP contribution in [0.2, 0.25) is 0 Å². The van der Waals surface area contributed by atoms with Gasteiger partial charge in [0.15, 0.2) is 5.78 Å². The van der Waals surface area contributed by atoms with Crippen molar-refractivity contribution in [2.24, 2.45) is 0 Å². The first-order valence-electron chi connectivity index (χ1n) is 8.38. The number of carbonyl (C=O) groups excluding carboxylic acids is 1. The number of rotatable bonds is 7. The largest absolute Gasteiger partial charge is 0.457 e. The quantitative estimate of drug-likeness (QED) is 0.247. The normalized spacial score (nSPS) is 11.0. The zero-order valence-electron chi connectivity index (χ0n) is 15.4. The number of nitro groups is 2. The molecule has 1 N–H and O–H groups in total. The van der Waals surface area contributed by atoms with Crippen LogP contribution in [-0.2, 0) is 10.1 Å². The molecule has 0 aliphatic carbocycles. The lowest BCUT2D eigenvalue weighted by atomic mass is 10.0. The predicted octanol–water partition coefficient (Wildman–Crippen LogP) is 3.77. The molecule has 0 saturated heterocycles. The maximum Gasteiger partial charge on any atom is 0.294 e. The van der Waals surface area contributed by atoms with Crippen LogP contribution in [0.25, 0.3) is 0 Å². The molecule has 0 heterocycles. The van der Waals surface area contributed by atoms with Gasteiger partial charge in [-0.25, -0.2) is 0 Å². The predicted molar refractivity (Wildman–Crippen MR) is 106 cm³/mol. The van der Waals surface area contributed by atoms with Crippen molar-refractivity contribution in [1.29, 1.82) is 0 Å². The lowest BCUT2D eigenvalue weighted by Crippen LogP contribution is -2.04. The molecule has 11 nitrogen and oxygen atoms in total. The average molecular weight is 444 g/mol. The van der Waals surface area contributed by atoms with Gasteiger partial charge >= 0.3 is 0 Å². The van der Waals surface area contributed by atoms with Crippen molar-refractivity contribution in [1.82, 2.24) is 0 Å². The summed E-state index contributed by atoms with van der Waals surface area (Å²) in [6.07, 6.45) is 0. The maximum atomic E-state index is 12.6. The third-order valence-electron chi connectivity index (χ3n) is 4.06. The third-order valence-corrected chi connectivity index (χ3v) is 4.93. The summed E-state index contributed by atoms with van der Waals surface area (Å²) in [6, 6.07) is 13.2. The van der Waals surface area contributed by atoms with E-state index >= 15 is 0 Å². The van der Waals surface area contributed by atoms with E-state index in [2.05, 4.69) is 0 Å². The molecule has 158 valence electrons. The summed E-state index contributed by atoms with van der Waals surface area (Å²) in [4.78, 5) is 32.7. The van der Waals surface area contributed by atoms with Crippen LogP contribution in [0, 0.1) is 20.2 Å². The molecule has 0 aliphatic rings. The molecule has 0 aromatic heterocycles. The van der Waals surface area contributed by atoms with Gasteiger partial charge in [0, 0.05) is 23.3 Å². The first kappa shape index (κ1) is 21.5. The molecule has 0 spiro atoms. The van der Waals surface area contributed by atoms with E-state index in [9.17, 15) is 33.4 Å². The Morgan fingerprint density at radius 3 is 1.65 bits per heavy atom. The van der Waals surface area contributed by atoms with Crippen LogP contribution in [0.15, 0.2) is 71.6 Å². The van der Waals surface area contributed by atoms with Gasteiger partial charge in [0.05, 0.1) is 20.8 Å². The van der Waals surface area contributed by atoms with Crippen molar-refractivity contribution < 1.29 is 32.3 Å². The highest BCUT2D eigenvalue weighted by Crippen LogP contribution is 2.26. The topological polar surface area (TPSA) is 167 Å². The molecule has 3 aromatic carbocycles. The van der Waals surface area contributed by atoms with Crippen LogP contribution in [0.5, 0.6) is 11.5 Å². The van der Waals surface area contributed by atoms with E-state index in [1.54, 1.807) is 0 Å².